The summed E-state index contributed by atoms with van der Waals surface area (Å²) in [6, 6.07) is 6.04. The van der Waals surface area contributed by atoms with Gasteiger partial charge in [-0.05, 0) is 30.9 Å². The summed E-state index contributed by atoms with van der Waals surface area (Å²) >= 11 is 1.71. The fourth-order valence-electron chi connectivity index (χ4n) is 3.71. The van der Waals surface area contributed by atoms with Crippen molar-refractivity contribution in [1.82, 2.24) is 19.4 Å². The molecule has 1 amide bonds. The Labute approximate surface area is 168 Å². The summed E-state index contributed by atoms with van der Waals surface area (Å²) in [7, 11) is 5.42. The minimum absolute atomic E-state index is 0.0127. The third-order valence-corrected chi connectivity index (χ3v) is 6.36. The van der Waals surface area contributed by atoms with Gasteiger partial charge in [-0.1, -0.05) is 17.4 Å². The maximum absolute atomic E-state index is 12.5. The summed E-state index contributed by atoms with van der Waals surface area (Å²) in [5.41, 5.74) is 1.44. The number of hydrogen-bond acceptors (Lipinski definition) is 6. The summed E-state index contributed by atoms with van der Waals surface area (Å²) in [6.45, 7) is 2.67. The van der Waals surface area contributed by atoms with Gasteiger partial charge in [0, 0.05) is 39.9 Å². The molecule has 0 unspecified atom stereocenters. The second-order valence-electron chi connectivity index (χ2n) is 7.34. The molecule has 0 N–H and O–H groups in total. The SMILES string of the molecule is COc1cccc2sc(N3CCC(CN(C)C(=O)c4cn(C)cn4)CC3)nc12. The molecular formula is C20H25N5O2S. The van der Waals surface area contributed by atoms with Gasteiger partial charge in [-0.15, -0.1) is 0 Å². The molecule has 8 heteroatoms. The number of benzene rings is 1. The van der Waals surface area contributed by atoms with E-state index in [9.17, 15) is 4.79 Å². The number of rotatable bonds is 5. The van der Waals surface area contributed by atoms with E-state index >= 15 is 0 Å². The Morgan fingerprint density at radius 1 is 1.36 bits per heavy atom. The fraction of sp³-hybridized carbons (Fsp3) is 0.450. The Hall–Kier alpha value is -2.61. The van der Waals surface area contributed by atoms with Crippen molar-refractivity contribution in [3.63, 3.8) is 0 Å². The Morgan fingerprint density at radius 2 is 2.14 bits per heavy atom. The number of nitrogens with zero attached hydrogens (tertiary/aromatic N) is 5. The molecule has 7 nitrogen and oxygen atoms in total. The van der Waals surface area contributed by atoms with Gasteiger partial charge in [0.2, 0.25) is 0 Å². The highest BCUT2D eigenvalue weighted by atomic mass is 32.1. The van der Waals surface area contributed by atoms with Crippen molar-refractivity contribution in [2.45, 2.75) is 12.8 Å². The van der Waals surface area contributed by atoms with E-state index in [4.69, 9.17) is 9.72 Å². The monoisotopic (exact) mass is 399 g/mol. The highest BCUT2D eigenvalue weighted by Gasteiger charge is 2.25. The third kappa shape index (κ3) is 3.69. The van der Waals surface area contributed by atoms with Gasteiger partial charge in [0.05, 0.1) is 18.1 Å². The molecule has 0 bridgehead atoms. The number of imidazole rings is 1. The molecule has 4 rings (SSSR count). The molecule has 28 heavy (non-hydrogen) atoms. The van der Waals surface area contributed by atoms with Gasteiger partial charge < -0.3 is 19.1 Å². The van der Waals surface area contributed by atoms with E-state index in [1.54, 1.807) is 40.4 Å². The third-order valence-electron chi connectivity index (χ3n) is 5.28. The van der Waals surface area contributed by atoms with Crippen LogP contribution in [0.2, 0.25) is 0 Å². The van der Waals surface area contributed by atoms with Gasteiger partial charge in [-0.2, -0.15) is 0 Å². The van der Waals surface area contributed by atoms with Crippen LogP contribution in [0, 0.1) is 5.92 Å². The fourth-order valence-corrected chi connectivity index (χ4v) is 4.74. The molecule has 3 aromatic rings. The number of hydrogen-bond donors (Lipinski definition) is 0. The number of carbonyl (C=O) groups excluding carboxylic acids is 1. The van der Waals surface area contributed by atoms with Gasteiger partial charge in [0.25, 0.3) is 5.91 Å². The summed E-state index contributed by atoms with van der Waals surface area (Å²) < 4.78 is 8.38. The van der Waals surface area contributed by atoms with E-state index in [1.165, 1.54) is 0 Å². The summed E-state index contributed by atoms with van der Waals surface area (Å²) in [5, 5.41) is 1.05. The molecule has 0 spiro atoms. The zero-order valence-corrected chi connectivity index (χ0v) is 17.3. The first-order valence-electron chi connectivity index (χ1n) is 9.47. The van der Waals surface area contributed by atoms with Gasteiger partial charge in [-0.3, -0.25) is 4.79 Å². The highest BCUT2D eigenvalue weighted by Crippen LogP contribution is 2.35. The van der Waals surface area contributed by atoms with E-state index in [0.29, 0.717) is 11.6 Å². The van der Waals surface area contributed by atoms with Crippen molar-refractivity contribution in [2.24, 2.45) is 13.0 Å². The van der Waals surface area contributed by atoms with Crippen LogP contribution < -0.4 is 9.64 Å². The van der Waals surface area contributed by atoms with Crippen molar-refractivity contribution < 1.29 is 9.53 Å². The van der Waals surface area contributed by atoms with Crippen LogP contribution in [-0.4, -0.2) is 59.1 Å². The number of aromatic nitrogens is 3. The van der Waals surface area contributed by atoms with Crippen molar-refractivity contribution in [3.8, 4) is 5.75 Å². The standard InChI is InChI=1S/C20H25N5O2S/c1-23-12-15(21-13-23)19(26)24(2)11-14-7-9-25(10-8-14)20-22-18-16(27-3)5-4-6-17(18)28-20/h4-6,12-14H,7-11H2,1-3H3. The predicted octanol–water partition coefficient (Wildman–Crippen LogP) is 3.03. The van der Waals surface area contributed by atoms with Crippen LogP contribution in [0.15, 0.2) is 30.7 Å². The second-order valence-corrected chi connectivity index (χ2v) is 8.35. The van der Waals surface area contributed by atoms with Crippen LogP contribution in [0.5, 0.6) is 5.75 Å². The van der Waals surface area contributed by atoms with Crippen LogP contribution in [0.25, 0.3) is 10.2 Å². The van der Waals surface area contributed by atoms with Crippen LogP contribution in [0.1, 0.15) is 23.3 Å². The van der Waals surface area contributed by atoms with Crippen molar-refractivity contribution >= 4 is 32.6 Å². The van der Waals surface area contributed by atoms with E-state index in [0.717, 1.165) is 53.6 Å². The zero-order valence-electron chi connectivity index (χ0n) is 16.5. The molecular weight excluding hydrogens is 374 g/mol. The van der Waals surface area contributed by atoms with E-state index in [-0.39, 0.29) is 5.91 Å². The van der Waals surface area contributed by atoms with Gasteiger partial charge >= 0.3 is 0 Å². The highest BCUT2D eigenvalue weighted by molar-refractivity contribution is 7.22. The lowest BCUT2D eigenvalue weighted by Gasteiger charge is -2.33. The minimum atomic E-state index is -0.0127. The number of piperidine rings is 1. The first kappa shape index (κ1) is 18.7. The Balaban J connectivity index is 1.36. The van der Waals surface area contributed by atoms with E-state index in [1.807, 2.05) is 26.2 Å². The van der Waals surface area contributed by atoms with Gasteiger partial charge in [0.1, 0.15) is 17.0 Å². The normalized spacial score (nSPS) is 15.2. The number of fused-ring (bicyclic) bond motifs is 1. The molecule has 2 aromatic heterocycles. The van der Waals surface area contributed by atoms with Crippen LogP contribution in [0.4, 0.5) is 5.13 Å². The largest absolute Gasteiger partial charge is 0.494 e. The minimum Gasteiger partial charge on any atom is -0.494 e. The molecule has 1 fully saturated rings. The Bertz CT molecular complexity index is 974. The van der Waals surface area contributed by atoms with Gasteiger partial charge in [0.15, 0.2) is 5.13 Å². The summed E-state index contributed by atoms with van der Waals surface area (Å²) in [6.07, 6.45) is 5.52. The average Bonchev–Trinajstić information content (AvgIpc) is 3.34. The lowest BCUT2D eigenvalue weighted by molar-refractivity contribution is 0.0759. The molecule has 1 aromatic carbocycles. The molecule has 1 saturated heterocycles. The predicted molar refractivity (Wildman–Crippen MR) is 111 cm³/mol. The molecule has 0 radical (unpaired) electrons. The molecule has 1 aliphatic heterocycles. The number of carbonyl (C=O) groups is 1. The lowest BCUT2D eigenvalue weighted by atomic mass is 9.96. The molecule has 3 heterocycles. The summed E-state index contributed by atoms with van der Waals surface area (Å²) in [4.78, 5) is 25.6. The van der Waals surface area contributed by atoms with E-state index < -0.39 is 0 Å². The number of para-hydroxylation sites is 1. The number of methoxy groups -OCH3 is 1. The Morgan fingerprint density at radius 3 is 2.82 bits per heavy atom. The lowest BCUT2D eigenvalue weighted by Crippen LogP contribution is -2.39. The zero-order chi connectivity index (χ0) is 19.7. The molecule has 0 saturated carbocycles. The van der Waals surface area contributed by atoms with Crippen molar-refractivity contribution in [2.75, 3.05) is 38.7 Å². The second kappa shape index (κ2) is 7.79. The quantitative estimate of drug-likeness (QED) is 0.660. The first-order valence-corrected chi connectivity index (χ1v) is 10.3. The number of ether oxygens (including phenoxy) is 1. The van der Waals surface area contributed by atoms with Crippen molar-refractivity contribution in [1.29, 1.82) is 0 Å². The van der Waals surface area contributed by atoms with Gasteiger partial charge in [-0.25, -0.2) is 9.97 Å². The van der Waals surface area contributed by atoms with Crippen molar-refractivity contribution in [3.05, 3.63) is 36.4 Å². The molecule has 148 valence electrons. The first-order chi connectivity index (χ1) is 13.5. The Kier molecular flexibility index (Phi) is 5.21. The average molecular weight is 400 g/mol. The number of amides is 1. The van der Waals surface area contributed by atoms with E-state index in [2.05, 4.69) is 16.0 Å². The number of anilines is 1. The molecule has 0 aliphatic carbocycles. The molecule has 1 aliphatic rings. The maximum atomic E-state index is 12.5. The molecule has 0 atom stereocenters. The van der Waals surface area contributed by atoms with Crippen LogP contribution in [-0.2, 0) is 7.05 Å². The smallest absolute Gasteiger partial charge is 0.273 e. The number of aryl methyl sites for hydroxylation is 1. The van der Waals surface area contributed by atoms with Crippen LogP contribution >= 0.6 is 11.3 Å². The maximum Gasteiger partial charge on any atom is 0.273 e. The summed E-state index contributed by atoms with van der Waals surface area (Å²) in [5.74, 6) is 1.31. The van der Waals surface area contributed by atoms with Crippen LogP contribution in [0.3, 0.4) is 0 Å². The number of thiazole rings is 1. The topological polar surface area (TPSA) is 63.5 Å².